The van der Waals surface area contributed by atoms with Crippen LogP contribution in [-0.2, 0) is 4.79 Å². The predicted octanol–water partition coefficient (Wildman–Crippen LogP) is 3.48. The molecule has 29 heavy (non-hydrogen) atoms. The molecule has 1 N–H and O–H groups in total. The van der Waals surface area contributed by atoms with E-state index in [1.165, 1.54) is 24.4 Å². The van der Waals surface area contributed by atoms with E-state index in [0.29, 0.717) is 6.42 Å². The van der Waals surface area contributed by atoms with Gasteiger partial charge < -0.3 is 14.8 Å². The predicted molar refractivity (Wildman–Crippen MR) is 92.2 cm³/mol. The van der Waals surface area contributed by atoms with E-state index in [4.69, 9.17) is 10.00 Å². The molecule has 8 nitrogen and oxygen atoms in total. The number of ether oxygens (including phenoxy) is 2. The van der Waals surface area contributed by atoms with Crippen molar-refractivity contribution < 1.29 is 32.2 Å². The second-order valence-electron chi connectivity index (χ2n) is 5.86. The number of nitrogens with zero attached hydrogens (tertiary/aromatic N) is 3. The summed E-state index contributed by atoms with van der Waals surface area (Å²) in [5.41, 5.74) is -0.0984. The fraction of sp³-hybridized carbons (Fsp3) is 0.222. The number of hydrogen-bond acceptors (Lipinski definition) is 6. The zero-order chi connectivity index (χ0) is 21.2. The van der Waals surface area contributed by atoms with Crippen LogP contribution in [0.3, 0.4) is 0 Å². The van der Waals surface area contributed by atoms with E-state index in [-0.39, 0.29) is 22.9 Å². The van der Waals surface area contributed by atoms with Crippen LogP contribution in [0.15, 0.2) is 36.5 Å². The summed E-state index contributed by atoms with van der Waals surface area (Å²) in [7, 11) is 0. The minimum absolute atomic E-state index is 0.00416. The molecule has 11 heteroatoms. The van der Waals surface area contributed by atoms with Crippen molar-refractivity contribution in [2.24, 2.45) is 0 Å². The van der Waals surface area contributed by atoms with E-state index >= 15 is 0 Å². The van der Waals surface area contributed by atoms with Crippen molar-refractivity contribution in [3.05, 3.63) is 42.1 Å². The molecular formula is C18H13F3N4O4. The first-order valence-corrected chi connectivity index (χ1v) is 8.30. The van der Waals surface area contributed by atoms with E-state index in [1.54, 1.807) is 13.0 Å². The number of benzene rings is 1. The third-order valence-corrected chi connectivity index (χ3v) is 3.93. The highest BCUT2D eigenvalue weighted by Gasteiger charge is 2.38. The van der Waals surface area contributed by atoms with Crippen LogP contribution in [0, 0.1) is 11.3 Å². The van der Waals surface area contributed by atoms with Gasteiger partial charge in [0, 0.05) is 12.1 Å². The zero-order valence-electron chi connectivity index (χ0n) is 14.9. The summed E-state index contributed by atoms with van der Waals surface area (Å²) >= 11 is 0. The standard InChI is InChI=1S/C18H13F3N4O4/c1-2-13-16(26)25(17(27)24-13)11-4-6-15(23-9-11)28-12-5-3-10(8-22)14(7-12)29-18(19,20)21/h3-7,9,13H,2H2,1H3,(H,24,27)/t13-/m1/s1. The van der Waals surface area contributed by atoms with Crippen LogP contribution in [-0.4, -0.2) is 29.3 Å². The SMILES string of the molecule is CC[C@H]1NC(=O)N(c2ccc(Oc3ccc(C#N)c(OC(F)(F)F)c3)nc2)C1=O. The number of aromatic nitrogens is 1. The van der Waals surface area contributed by atoms with E-state index in [0.717, 1.165) is 17.0 Å². The number of carbonyl (C=O) groups excluding carboxylic acids is 2. The van der Waals surface area contributed by atoms with E-state index in [2.05, 4.69) is 15.0 Å². The van der Waals surface area contributed by atoms with Crippen molar-refractivity contribution in [1.82, 2.24) is 10.3 Å². The molecule has 1 saturated heterocycles. The first-order valence-electron chi connectivity index (χ1n) is 8.30. The van der Waals surface area contributed by atoms with E-state index in [9.17, 15) is 22.8 Å². The number of anilines is 1. The molecule has 150 valence electrons. The van der Waals surface area contributed by atoms with Gasteiger partial charge in [-0.25, -0.2) is 14.7 Å². The number of alkyl halides is 3. The van der Waals surface area contributed by atoms with Crippen molar-refractivity contribution >= 4 is 17.6 Å². The summed E-state index contributed by atoms with van der Waals surface area (Å²) in [5.74, 6) is -1.17. The van der Waals surface area contributed by atoms with Crippen molar-refractivity contribution in [2.75, 3.05) is 4.90 Å². The maximum absolute atomic E-state index is 12.5. The summed E-state index contributed by atoms with van der Waals surface area (Å²) in [6.07, 6.45) is -3.30. The van der Waals surface area contributed by atoms with Gasteiger partial charge in [-0.3, -0.25) is 4.79 Å². The van der Waals surface area contributed by atoms with Crippen LogP contribution in [0.2, 0.25) is 0 Å². The fourth-order valence-corrected chi connectivity index (χ4v) is 2.61. The van der Waals surface area contributed by atoms with Crippen LogP contribution >= 0.6 is 0 Å². The molecule has 0 bridgehead atoms. The molecular weight excluding hydrogens is 393 g/mol. The van der Waals surface area contributed by atoms with Gasteiger partial charge in [0.15, 0.2) is 5.75 Å². The number of rotatable bonds is 5. The third-order valence-electron chi connectivity index (χ3n) is 3.93. The second kappa shape index (κ2) is 7.67. The molecule has 1 atom stereocenters. The number of nitriles is 1. The molecule has 1 aliphatic rings. The summed E-state index contributed by atoms with van der Waals surface area (Å²) in [5, 5.41) is 11.4. The lowest BCUT2D eigenvalue weighted by atomic mass is 10.2. The largest absolute Gasteiger partial charge is 0.573 e. The van der Waals surface area contributed by atoms with Crippen molar-refractivity contribution in [1.29, 1.82) is 5.26 Å². The van der Waals surface area contributed by atoms with Gasteiger partial charge in [0.05, 0.1) is 17.4 Å². The molecule has 0 aliphatic carbocycles. The number of halogens is 3. The molecule has 0 spiro atoms. The summed E-state index contributed by atoms with van der Waals surface area (Å²) in [6.45, 7) is 1.76. The van der Waals surface area contributed by atoms with Gasteiger partial charge in [-0.1, -0.05) is 6.92 Å². The molecule has 1 aliphatic heterocycles. The fourth-order valence-electron chi connectivity index (χ4n) is 2.61. The number of pyridine rings is 1. The lowest BCUT2D eigenvalue weighted by molar-refractivity contribution is -0.274. The number of nitrogens with one attached hydrogen (secondary N) is 1. The van der Waals surface area contributed by atoms with Crippen LogP contribution in [0.4, 0.5) is 23.7 Å². The normalized spacial score (nSPS) is 16.4. The van der Waals surface area contributed by atoms with Crippen molar-refractivity contribution in [2.45, 2.75) is 25.7 Å². The Morgan fingerprint density at radius 3 is 2.59 bits per heavy atom. The van der Waals surface area contributed by atoms with E-state index < -0.39 is 30.1 Å². The number of imide groups is 1. The van der Waals surface area contributed by atoms with Gasteiger partial charge in [0.25, 0.3) is 5.91 Å². The maximum Gasteiger partial charge on any atom is 0.573 e. The van der Waals surface area contributed by atoms with Gasteiger partial charge in [0.1, 0.15) is 17.9 Å². The highest BCUT2D eigenvalue weighted by molar-refractivity contribution is 6.21. The van der Waals surface area contributed by atoms with Crippen LogP contribution in [0.1, 0.15) is 18.9 Å². The molecule has 2 heterocycles. The Hall–Kier alpha value is -3.81. The lowest BCUT2D eigenvalue weighted by Crippen LogP contribution is -2.31. The van der Waals surface area contributed by atoms with Gasteiger partial charge in [0.2, 0.25) is 5.88 Å². The minimum atomic E-state index is -4.97. The quantitative estimate of drug-likeness (QED) is 0.763. The van der Waals surface area contributed by atoms with Gasteiger partial charge >= 0.3 is 12.4 Å². The molecule has 1 aromatic carbocycles. The average Bonchev–Trinajstić information content (AvgIpc) is 2.95. The Morgan fingerprint density at radius 1 is 1.28 bits per heavy atom. The molecule has 3 amide bonds. The monoisotopic (exact) mass is 406 g/mol. The smallest absolute Gasteiger partial charge is 0.439 e. The van der Waals surface area contributed by atoms with Crippen LogP contribution < -0.4 is 19.7 Å². The Balaban J connectivity index is 1.78. The molecule has 1 aromatic heterocycles. The highest BCUT2D eigenvalue weighted by Crippen LogP contribution is 2.32. The number of carbonyl (C=O) groups is 2. The first kappa shape index (κ1) is 19.9. The first-order chi connectivity index (χ1) is 13.7. The van der Waals surface area contributed by atoms with Crippen molar-refractivity contribution in [3.63, 3.8) is 0 Å². The van der Waals surface area contributed by atoms with Gasteiger partial charge in [-0.05, 0) is 24.6 Å². The topological polar surface area (TPSA) is 105 Å². The number of amides is 3. The third kappa shape index (κ3) is 4.37. The molecule has 0 radical (unpaired) electrons. The molecule has 0 unspecified atom stereocenters. The Labute approximate surface area is 162 Å². The molecule has 2 aromatic rings. The summed E-state index contributed by atoms with van der Waals surface area (Å²) in [6, 6.07) is 6.47. The van der Waals surface area contributed by atoms with Gasteiger partial charge in [-0.2, -0.15) is 5.26 Å². The Bertz CT molecular complexity index is 986. The van der Waals surface area contributed by atoms with Gasteiger partial charge in [-0.15, -0.1) is 13.2 Å². The maximum atomic E-state index is 12.5. The summed E-state index contributed by atoms with van der Waals surface area (Å²) < 4.78 is 46.6. The Kier molecular flexibility index (Phi) is 5.27. The Morgan fingerprint density at radius 2 is 2.03 bits per heavy atom. The second-order valence-corrected chi connectivity index (χ2v) is 5.86. The number of urea groups is 1. The molecule has 0 saturated carbocycles. The highest BCUT2D eigenvalue weighted by atomic mass is 19.4. The molecule has 1 fully saturated rings. The zero-order valence-corrected chi connectivity index (χ0v) is 14.9. The van der Waals surface area contributed by atoms with Crippen LogP contribution in [0.5, 0.6) is 17.4 Å². The lowest BCUT2D eigenvalue weighted by Gasteiger charge is -2.14. The van der Waals surface area contributed by atoms with Crippen LogP contribution in [0.25, 0.3) is 0 Å². The average molecular weight is 406 g/mol. The van der Waals surface area contributed by atoms with E-state index in [1.807, 2.05) is 0 Å². The molecule has 3 rings (SSSR count). The number of hydrogen-bond donors (Lipinski definition) is 1. The summed E-state index contributed by atoms with van der Waals surface area (Å²) in [4.78, 5) is 29.0. The minimum Gasteiger partial charge on any atom is -0.439 e. The van der Waals surface area contributed by atoms with Crippen molar-refractivity contribution in [3.8, 4) is 23.4 Å².